The van der Waals surface area contributed by atoms with E-state index in [1.165, 1.54) is 14.2 Å². The Labute approximate surface area is 128 Å². The zero-order chi connectivity index (χ0) is 16.3. The summed E-state index contributed by atoms with van der Waals surface area (Å²) in [7, 11) is 2.63. The third-order valence-electron chi connectivity index (χ3n) is 3.61. The molecule has 22 heavy (non-hydrogen) atoms. The Morgan fingerprint density at radius 1 is 1.00 bits per heavy atom. The molecule has 1 aliphatic heterocycles. The number of nitrogens with zero attached hydrogens (tertiary/aromatic N) is 1. The standard InChI is InChI=1S/C16H18N2O4/c1-9-12(15(19)21-3)14(11-5-7-17-8-6-11)13(10(2)18-9)16(20)22-4/h5-8,14,18H,1-4H3. The number of methoxy groups -OCH3 is 2. The molecule has 0 spiro atoms. The molecule has 0 amide bonds. The average Bonchev–Trinajstić information content (AvgIpc) is 2.53. The summed E-state index contributed by atoms with van der Waals surface area (Å²) in [6.07, 6.45) is 3.23. The van der Waals surface area contributed by atoms with E-state index in [-0.39, 0.29) is 0 Å². The van der Waals surface area contributed by atoms with Gasteiger partial charge in [0.25, 0.3) is 0 Å². The Morgan fingerprint density at radius 2 is 1.45 bits per heavy atom. The van der Waals surface area contributed by atoms with Crippen LogP contribution in [0.2, 0.25) is 0 Å². The third-order valence-corrected chi connectivity index (χ3v) is 3.61. The molecule has 0 unspecified atom stereocenters. The summed E-state index contributed by atoms with van der Waals surface area (Å²) in [6.45, 7) is 3.55. The molecule has 1 aromatic heterocycles. The fourth-order valence-electron chi connectivity index (χ4n) is 2.64. The van der Waals surface area contributed by atoms with Crippen molar-refractivity contribution in [2.75, 3.05) is 14.2 Å². The van der Waals surface area contributed by atoms with E-state index in [2.05, 4.69) is 10.3 Å². The molecule has 0 fully saturated rings. The lowest BCUT2D eigenvalue weighted by Gasteiger charge is -2.29. The van der Waals surface area contributed by atoms with Gasteiger partial charge in [0.15, 0.2) is 0 Å². The normalized spacial score (nSPS) is 15.5. The molecular formula is C16H18N2O4. The molecule has 1 aliphatic rings. The van der Waals surface area contributed by atoms with E-state index in [1.807, 2.05) is 0 Å². The van der Waals surface area contributed by atoms with Crippen LogP contribution in [0.5, 0.6) is 0 Å². The van der Waals surface area contributed by atoms with Crippen molar-refractivity contribution in [3.05, 3.63) is 52.6 Å². The molecule has 0 saturated heterocycles. The second-order valence-corrected chi connectivity index (χ2v) is 4.90. The molecule has 0 aromatic carbocycles. The minimum atomic E-state index is -0.552. The van der Waals surface area contributed by atoms with E-state index in [0.29, 0.717) is 22.5 Å². The Morgan fingerprint density at radius 3 is 1.86 bits per heavy atom. The lowest BCUT2D eigenvalue weighted by molar-refractivity contribution is -0.137. The number of hydrogen-bond donors (Lipinski definition) is 1. The summed E-state index contributed by atoms with van der Waals surface area (Å²) < 4.78 is 9.76. The van der Waals surface area contributed by atoms with Crippen molar-refractivity contribution in [3.63, 3.8) is 0 Å². The maximum Gasteiger partial charge on any atom is 0.336 e. The van der Waals surface area contributed by atoms with Crippen molar-refractivity contribution in [2.45, 2.75) is 19.8 Å². The van der Waals surface area contributed by atoms with E-state index in [1.54, 1.807) is 38.4 Å². The van der Waals surface area contributed by atoms with Gasteiger partial charge in [-0.15, -0.1) is 0 Å². The van der Waals surface area contributed by atoms with Gasteiger partial charge in [-0.05, 0) is 31.5 Å². The van der Waals surface area contributed by atoms with E-state index < -0.39 is 17.9 Å². The minimum Gasteiger partial charge on any atom is -0.466 e. The van der Waals surface area contributed by atoms with Gasteiger partial charge in [0, 0.05) is 23.8 Å². The number of esters is 2. The molecule has 2 rings (SSSR count). The van der Waals surface area contributed by atoms with Crippen molar-refractivity contribution in [2.24, 2.45) is 0 Å². The quantitative estimate of drug-likeness (QED) is 0.856. The van der Waals surface area contributed by atoms with Gasteiger partial charge in [-0.2, -0.15) is 0 Å². The maximum absolute atomic E-state index is 12.2. The summed E-state index contributed by atoms with van der Waals surface area (Å²) in [4.78, 5) is 28.4. The Hall–Kier alpha value is -2.63. The van der Waals surface area contributed by atoms with Crippen LogP contribution in [0.4, 0.5) is 0 Å². The van der Waals surface area contributed by atoms with Crippen LogP contribution in [0.1, 0.15) is 25.3 Å². The number of ether oxygens (including phenoxy) is 2. The topological polar surface area (TPSA) is 77.5 Å². The average molecular weight is 302 g/mol. The van der Waals surface area contributed by atoms with Gasteiger partial charge in [-0.25, -0.2) is 9.59 Å². The molecule has 0 radical (unpaired) electrons. The van der Waals surface area contributed by atoms with Gasteiger partial charge >= 0.3 is 11.9 Å². The van der Waals surface area contributed by atoms with Crippen LogP contribution in [0.15, 0.2) is 47.1 Å². The van der Waals surface area contributed by atoms with Gasteiger partial charge in [-0.1, -0.05) is 0 Å². The Bertz CT molecular complexity index is 624. The molecule has 0 aliphatic carbocycles. The SMILES string of the molecule is COC(=O)C1=C(C)NC(C)=C(C(=O)OC)C1c1ccncc1. The molecule has 0 saturated carbocycles. The first-order valence-corrected chi connectivity index (χ1v) is 6.76. The number of rotatable bonds is 3. The van der Waals surface area contributed by atoms with Crippen LogP contribution in [-0.2, 0) is 19.1 Å². The highest BCUT2D eigenvalue weighted by molar-refractivity contribution is 5.99. The van der Waals surface area contributed by atoms with Crippen LogP contribution < -0.4 is 5.32 Å². The van der Waals surface area contributed by atoms with E-state index >= 15 is 0 Å². The molecule has 116 valence electrons. The van der Waals surface area contributed by atoms with Gasteiger partial charge in [0.2, 0.25) is 0 Å². The third kappa shape index (κ3) is 2.72. The number of dihydropyridines is 1. The number of carbonyl (C=O) groups excluding carboxylic acids is 2. The largest absolute Gasteiger partial charge is 0.466 e. The van der Waals surface area contributed by atoms with Gasteiger partial charge in [0.1, 0.15) is 0 Å². The summed E-state index contributed by atoms with van der Waals surface area (Å²) >= 11 is 0. The Balaban J connectivity index is 2.66. The van der Waals surface area contributed by atoms with Gasteiger partial charge < -0.3 is 14.8 Å². The van der Waals surface area contributed by atoms with E-state index in [9.17, 15) is 9.59 Å². The number of nitrogens with one attached hydrogen (secondary N) is 1. The fourth-order valence-corrected chi connectivity index (χ4v) is 2.64. The van der Waals surface area contributed by atoms with Crippen molar-refractivity contribution >= 4 is 11.9 Å². The molecule has 2 heterocycles. The van der Waals surface area contributed by atoms with Crippen molar-refractivity contribution < 1.29 is 19.1 Å². The highest BCUT2D eigenvalue weighted by atomic mass is 16.5. The predicted octanol–water partition coefficient (Wildman–Crippen LogP) is 1.66. The van der Waals surface area contributed by atoms with Crippen molar-refractivity contribution in [1.29, 1.82) is 0 Å². The fraction of sp³-hybridized carbons (Fsp3) is 0.312. The van der Waals surface area contributed by atoms with E-state index in [4.69, 9.17) is 9.47 Å². The number of pyridine rings is 1. The minimum absolute atomic E-state index is 0.389. The second kappa shape index (κ2) is 6.43. The van der Waals surface area contributed by atoms with Gasteiger partial charge in [-0.3, -0.25) is 4.98 Å². The predicted molar refractivity (Wildman–Crippen MR) is 79.5 cm³/mol. The smallest absolute Gasteiger partial charge is 0.336 e. The highest BCUT2D eigenvalue weighted by Crippen LogP contribution is 2.38. The summed E-state index contributed by atoms with van der Waals surface area (Å²) in [5, 5.41) is 3.05. The number of hydrogen-bond acceptors (Lipinski definition) is 6. The molecule has 6 nitrogen and oxygen atoms in total. The summed E-state index contributed by atoms with van der Waals surface area (Å²) in [5.74, 6) is -1.52. The van der Waals surface area contributed by atoms with Crippen LogP contribution in [-0.4, -0.2) is 31.1 Å². The zero-order valence-electron chi connectivity index (χ0n) is 13.0. The molecule has 0 bridgehead atoms. The van der Waals surface area contributed by atoms with Crippen LogP contribution >= 0.6 is 0 Å². The molecule has 0 atom stereocenters. The van der Waals surface area contributed by atoms with Crippen LogP contribution in [0, 0.1) is 0 Å². The van der Waals surface area contributed by atoms with Crippen molar-refractivity contribution in [1.82, 2.24) is 10.3 Å². The zero-order valence-corrected chi connectivity index (χ0v) is 13.0. The molecule has 1 aromatic rings. The number of carbonyl (C=O) groups is 2. The van der Waals surface area contributed by atoms with Gasteiger partial charge in [0.05, 0.1) is 31.3 Å². The van der Waals surface area contributed by atoms with Crippen LogP contribution in [0.3, 0.4) is 0 Å². The lowest BCUT2D eigenvalue weighted by Crippen LogP contribution is -2.32. The number of aromatic nitrogens is 1. The summed E-state index contributed by atoms with van der Waals surface area (Å²) in [6, 6.07) is 3.53. The highest BCUT2D eigenvalue weighted by Gasteiger charge is 2.37. The first-order chi connectivity index (χ1) is 10.5. The number of allylic oxidation sites excluding steroid dienone is 2. The first-order valence-electron chi connectivity index (χ1n) is 6.76. The second-order valence-electron chi connectivity index (χ2n) is 4.90. The Kier molecular flexibility index (Phi) is 4.60. The van der Waals surface area contributed by atoms with Crippen molar-refractivity contribution in [3.8, 4) is 0 Å². The van der Waals surface area contributed by atoms with E-state index in [0.717, 1.165) is 5.56 Å². The summed E-state index contributed by atoms with van der Waals surface area (Å²) in [5.41, 5.74) is 2.85. The monoisotopic (exact) mass is 302 g/mol. The maximum atomic E-state index is 12.2. The lowest BCUT2D eigenvalue weighted by atomic mass is 9.81. The molecule has 6 heteroatoms. The molecular weight excluding hydrogens is 284 g/mol. The first kappa shape index (κ1) is 15.8. The molecule has 1 N–H and O–H groups in total. The van der Waals surface area contributed by atoms with Crippen LogP contribution in [0.25, 0.3) is 0 Å².